The first-order chi connectivity index (χ1) is 9.81. The fraction of sp³-hybridized carbons (Fsp3) is 0.353. The molecule has 2 aliphatic rings. The fourth-order valence-electron chi connectivity index (χ4n) is 2.73. The number of rotatable bonds is 3. The van der Waals surface area contributed by atoms with Crippen molar-refractivity contribution in [3.63, 3.8) is 0 Å². The molecule has 1 aliphatic carbocycles. The second kappa shape index (κ2) is 5.95. The van der Waals surface area contributed by atoms with Crippen molar-refractivity contribution in [3.05, 3.63) is 47.6 Å². The van der Waals surface area contributed by atoms with Crippen molar-refractivity contribution < 1.29 is 9.53 Å². The van der Waals surface area contributed by atoms with E-state index in [2.05, 4.69) is 11.4 Å². The zero-order chi connectivity index (χ0) is 13.8. The minimum atomic E-state index is -0.00309. The van der Waals surface area contributed by atoms with Crippen molar-refractivity contribution in [1.29, 1.82) is 0 Å². The van der Waals surface area contributed by atoms with E-state index in [9.17, 15) is 4.79 Å². The smallest absolute Gasteiger partial charge is 0.244 e. The molecule has 0 saturated heterocycles. The first kappa shape index (κ1) is 13.0. The van der Waals surface area contributed by atoms with Crippen molar-refractivity contribution in [2.24, 2.45) is 0 Å². The van der Waals surface area contributed by atoms with Gasteiger partial charge in [-0.05, 0) is 30.6 Å². The summed E-state index contributed by atoms with van der Waals surface area (Å²) in [4.78, 5) is 11.8. The Balaban J connectivity index is 1.61. The van der Waals surface area contributed by atoms with Crippen LogP contribution in [0.1, 0.15) is 31.2 Å². The van der Waals surface area contributed by atoms with Gasteiger partial charge >= 0.3 is 0 Å². The topological polar surface area (TPSA) is 38.3 Å². The highest BCUT2D eigenvalue weighted by molar-refractivity contribution is 5.88. The maximum Gasteiger partial charge on any atom is 0.244 e. The lowest BCUT2D eigenvalue weighted by molar-refractivity contribution is -0.117. The number of amides is 1. The van der Waals surface area contributed by atoms with Crippen molar-refractivity contribution >= 4 is 12.0 Å². The maximum atomic E-state index is 11.8. The van der Waals surface area contributed by atoms with E-state index in [1.54, 1.807) is 6.08 Å². The molecule has 1 fully saturated rings. The van der Waals surface area contributed by atoms with Gasteiger partial charge in [-0.25, -0.2) is 0 Å². The van der Waals surface area contributed by atoms with Gasteiger partial charge in [0.2, 0.25) is 5.91 Å². The molecule has 0 unspecified atom stereocenters. The summed E-state index contributed by atoms with van der Waals surface area (Å²) < 4.78 is 5.65. The van der Waals surface area contributed by atoms with Crippen molar-refractivity contribution in [2.45, 2.75) is 31.7 Å². The lowest BCUT2D eigenvalue weighted by Gasteiger charge is -2.15. The predicted octanol–water partition coefficient (Wildman–Crippen LogP) is 3.08. The third kappa shape index (κ3) is 3.10. The SMILES string of the molecule is O=C(C=CC1=Cc2ccccc2OC1)NC1CCCC1. The Hall–Kier alpha value is -2.03. The van der Waals surface area contributed by atoms with Crippen LogP contribution >= 0.6 is 0 Å². The maximum absolute atomic E-state index is 11.8. The normalized spacial score (nSPS) is 18.5. The van der Waals surface area contributed by atoms with Crippen LogP contribution in [0.5, 0.6) is 5.75 Å². The summed E-state index contributed by atoms with van der Waals surface area (Å²) in [6.07, 6.45) is 10.2. The van der Waals surface area contributed by atoms with Gasteiger partial charge in [-0.2, -0.15) is 0 Å². The summed E-state index contributed by atoms with van der Waals surface area (Å²) in [6.45, 7) is 0.518. The minimum absolute atomic E-state index is 0.00309. The van der Waals surface area contributed by atoms with Crippen LogP contribution in [0.25, 0.3) is 6.08 Å². The zero-order valence-electron chi connectivity index (χ0n) is 11.5. The van der Waals surface area contributed by atoms with Gasteiger partial charge in [0.05, 0.1) is 0 Å². The first-order valence-corrected chi connectivity index (χ1v) is 7.22. The van der Waals surface area contributed by atoms with Crippen LogP contribution in [0.4, 0.5) is 0 Å². The van der Waals surface area contributed by atoms with E-state index in [-0.39, 0.29) is 5.91 Å². The molecule has 1 aliphatic heterocycles. The summed E-state index contributed by atoms with van der Waals surface area (Å²) in [7, 11) is 0. The number of hydrogen-bond donors (Lipinski definition) is 1. The van der Waals surface area contributed by atoms with E-state index in [1.165, 1.54) is 12.8 Å². The molecule has 3 nitrogen and oxygen atoms in total. The molecule has 0 spiro atoms. The largest absolute Gasteiger partial charge is 0.488 e. The van der Waals surface area contributed by atoms with Crippen LogP contribution < -0.4 is 10.1 Å². The zero-order valence-corrected chi connectivity index (χ0v) is 11.5. The van der Waals surface area contributed by atoms with E-state index in [1.807, 2.05) is 30.3 Å². The van der Waals surface area contributed by atoms with E-state index >= 15 is 0 Å². The first-order valence-electron chi connectivity index (χ1n) is 7.22. The number of para-hydroxylation sites is 1. The van der Waals surface area contributed by atoms with Crippen LogP contribution in [-0.2, 0) is 4.79 Å². The Morgan fingerprint density at radius 3 is 2.90 bits per heavy atom. The Morgan fingerprint density at radius 1 is 1.25 bits per heavy atom. The molecular weight excluding hydrogens is 250 g/mol. The summed E-state index contributed by atoms with van der Waals surface area (Å²) >= 11 is 0. The van der Waals surface area contributed by atoms with Crippen LogP contribution in [0, 0.1) is 0 Å². The van der Waals surface area contributed by atoms with Gasteiger partial charge in [0.25, 0.3) is 0 Å². The van der Waals surface area contributed by atoms with Crippen LogP contribution in [0.15, 0.2) is 42.0 Å². The molecule has 20 heavy (non-hydrogen) atoms. The van der Waals surface area contributed by atoms with E-state index in [0.717, 1.165) is 29.7 Å². The minimum Gasteiger partial charge on any atom is -0.488 e. The van der Waals surface area contributed by atoms with Crippen LogP contribution in [0.3, 0.4) is 0 Å². The Kier molecular flexibility index (Phi) is 3.86. The Morgan fingerprint density at radius 2 is 2.05 bits per heavy atom. The Labute approximate surface area is 119 Å². The van der Waals surface area contributed by atoms with Gasteiger partial charge in [0, 0.05) is 17.7 Å². The van der Waals surface area contributed by atoms with Gasteiger partial charge in [-0.15, -0.1) is 0 Å². The number of hydrogen-bond acceptors (Lipinski definition) is 2. The number of carbonyl (C=O) groups excluding carboxylic acids is 1. The molecule has 0 aromatic heterocycles. The predicted molar refractivity (Wildman–Crippen MR) is 79.5 cm³/mol. The molecule has 1 amide bonds. The Bertz CT molecular complexity index is 554. The summed E-state index contributed by atoms with van der Waals surface area (Å²) in [5.74, 6) is 0.900. The van der Waals surface area contributed by atoms with E-state index in [0.29, 0.717) is 12.6 Å². The second-order valence-electron chi connectivity index (χ2n) is 5.37. The van der Waals surface area contributed by atoms with Crippen molar-refractivity contribution in [2.75, 3.05) is 6.61 Å². The highest BCUT2D eigenvalue weighted by Crippen LogP contribution is 2.26. The molecule has 1 aromatic carbocycles. The molecule has 1 heterocycles. The van der Waals surface area contributed by atoms with Crippen LogP contribution in [0.2, 0.25) is 0 Å². The van der Waals surface area contributed by atoms with E-state index < -0.39 is 0 Å². The number of nitrogens with one attached hydrogen (secondary N) is 1. The average molecular weight is 269 g/mol. The molecule has 1 aromatic rings. The molecular formula is C17H19NO2. The summed E-state index contributed by atoms with van der Waals surface area (Å²) in [5, 5.41) is 3.04. The molecule has 0 bridgehead atoms. The van der Waals surface area contributed by atoms with Gasteiger partial charge in [-0.1, -0.05) is 37.1 Å². The second-order valence-corrected chi connectivity index (χ2v) is 5.37. The molecule has 0 radical (unpaired) electrons. The summed E-state index contributed by atoms with van der Waals surface area (Å²) in [5.41, 5.74) is 2.08. The third-order valence-electron chi connectivity index (χ3n) is 3.80. The molecule has 3 heteroatoms. The van der Waals surface area contributed by atoms with Gasteiger partial charge in [0.1, 0.15) is 12.4 Å². The van der Waals surface area contributed by atoms with Crippen molar-refractivity contribution in [3.8, 4) is 5.75 Å². The van der Waals surface area contributed by atoms with Crippen molar-refractivity contribution in [1.82, 2.24) is 5.32 Å². The number of ether oxygens (including phenoxy) is 1. The van der Waals surface area contributed by atoms with Gasteiger partial charge < -0.3 is 10.1 Å². The molecule has 104 valence electrons. The lowest BCUT2D eigenvalue weighted by Crippen LogP contribution is -2.31. The monoisotopic (exact) mass is 269 g/mol. The standard InChI is InChI=1S/C17H19NO2/c19-17(18-15-6-2-3-7-15)10-9-13-11-14-5-1-4-8-16(14)20-12-13/h1,4-5,8-11,15H,2-3,6-7,12H2,(H,18,19). The third-order valence-corrected chi connectivity index (χ3v) is 3.80. The molecule has 0 atom stereocenters. The summed E-state index contributed by atoms with van der Waals surface area (Å²) in [6, 6.07) is 8.28. The quantitative estimate of drug-likeness (QED) is 0.856. The highest BCUT2D eigenvalue weighted by atomic mass is 16.5. The molecule has 3 rings (SSSR count). The fourth-order valence-corrected chi connectivity index (χ4v) is 2.73. The lowest BCUT2D eigenvalue weighted by atomic mass is 10.1. The van der Waals surface area contributed by atoms with Gasteiger partial charge in [0.15, 0.2) is 0 Å². The van der Waals surface area contributed by atoms with E-state index in [4.69, 9.17) is 4.74 Å². The average Bonchev–Trinajstić information content (AvgIpc) is 2.98. The molecule has 1 saturated carbocycles. The number of fused-ring (bicyclic) bond motifs is 1. The highest BCUT2D eigenvalue weighted by Gasteiger charge is 2.16. The molecule has 1 N–H and O–H groups in total. The number of benzene rings is 1. The number of carbonyl (C=O) groups is 1. The van der Waals surface area contributed by atoms with Crippen LogP contribution in [-0.4, -0.2) is 18.6 Å². The van der Waals surface area contributed by atoms with Gasteiger partial charge in [-0.3, -0.25) is 4.79 Å².